The van der Waals surface area contributed by atoms with E-state index in [2.05, 4.69) is 0 Å². The quantitative estimate of drug-likeness (QED) is 0.713. The summed E-state index contributed by atoms with van der Waals surface area (Å²) in [7, 11) is 0. The molecule has 0 aromatic heterocycles. The third-order valence-corrected chi connectivity index (χ3v) is 4.89. The molecule has 7 nitrogen and oxygen atoms in total. The Kier molecular flexibility index (Phi) is 4.87. The highest BCUT2D eigenvalue weighted by atomic mass is 16.2. The van der Waals surface area contributed by atoms with Gasteiger partial charge in [0, 0.05) is 0 Å². The molecule has 0 radical (unpaired) electrons. The van der Waals surface area contributed by atoms with Crippen LogP contribution in [-0.4, -0.2) is 41.8 Å². The van der Waals surface area contributed by atoms with Crippen molar-refractivity contribution in [1.29, 1.82) is 0 Å². The number of nitrogens with two attached hydrogens (primary N) is 2. The molecule has 0 aliphatic carbocycles. The van der Waals surface area contributed by atoms with Crippen molar-refractivity contribution in [3.8, 4) is 0 Å². The van der Waals surface area contributed by atoms with Gasteiger partial charge < -0.3 is 16.8 Å². The van der Waals surface area contributed by atoms with Crippen LogP contribution >= 0.6 is 0 Å². The summed E-state index contributed by atoms with van der Waals surface area (Å²) in [4.78, 5) is 38.7. The summed E-state index contributed by atoms with van der Waals surface area (Å²) < 4.78 is 7.89. The average Bonchev–Trinajstić information content (AvgIpc) is 3.10. The van der Waals surface area contributed by atoms with Crippen LogP contribution in [-0.2, 0) is 19.9 Å². The lowest BCUT2D eigenvalue weighted by Crippen LogP contribution is -2.58. The number of nitrogens with zero attached hydrogens (tertiary/aromatic N) is 1. The van der Waals surface area contributed by atoms with Gasteiger partial charge in [-0.2, -0.15) is 0 Å². The standard InChI is InChI=1S/C20H24N4O3/c1-20(22,15-9-4-7-13-6-2-3-8-14(13)15)19(27)24(12-17(21)25)18(26)16-10-5-11-23-16/h2-4,6-9,16,23H,5,10-12,22H2,1H3,(H2,21,25)/t16-,20?/m0/s1/i/hD. The first-order valence-corrected chi connectivity index (χ1v) is 8.90. The number of carbonyl (C=O) groups excluding carboxylic acids is 3. The third kappa shape index (κ3) is 3.70. The van der Waals surface area contributed by atoms with Crippen LogP contribution in [0.15, 0.2) is 42.5 Å². The minimum Gasteiger partial charge on any atom is -0.368 e. The molecule has 1 aliphatic heterocycles. The lowest BCUT2D eigenvalue weighted by Gasteiger charge is -2.32. The van der Waals surface area contributed by atoms with Crippen LogP contribution in [0, 0.1) is 0 Å². The van der Waals surface area contributed by atoms with Crippen LogP contribution in [0.1, 0.15) is 25.3 Å². The fourth-order valence-corrected chi connectivity index (χ4v) is 3.48. The average molecular weight is 369 g/mol. The first-order valence-electron chi connectivity index (χ1n) is 9.35. The van der Waals surface area contributed by atoms with Gasteiger partial charge in [0.05, 0.1) is 6.04 Å². The number of amides is 3. The second-order valence-corrected chi connectivity index (χ2v) is 6.99. The van der Waals surface area contributed by atoms with Gasteiger partial charge in [0.1, 0.15) is 13.5 Å². The van der Waals surface area contributed by atoms with Crippen molar-refractivity contribution in [2.24, 2.45) is 11.5 Å². The van der Waals surface area contributed by atoms with Crippen LogP contribution in [0.25, 0.3) is 10.8 Å². The highest BCUT2D eigenvalue weighted by Crippen LogP contribution is 2.29. The van der Waals surface area contributed by atoms with Gasteiger partial charge in [0.25, 0.3) is 5.91 Å². The van der Waals surface area contributed by atoms with Gasteiger partial charge in [-0.3, -0.25) is 19.3 Å². The van der Waals surface area contributed by atoms with Gasteiger partial charge in [-0.1, -0.05) is 42.5 Å². The molecule has 7 heteroatoms. The molecule has 0 bridgehead atoms. The zero-order chi connectivity index (χ0) is 20.5. The Bertz CT molecular complexity index is 925. The minimum absolute atomic E-state index is 0.429. The van der Waals surface area contributed by atoms with Crippen molar-refractivity contribution < 1.29 is 15.8 Å². The number of fused-ring (bicyclic) bond motifs is 1. The van der Waals surface area contributed by atoms with Gasteiger partial charge in [-0.25, -0.2) is 0 Å². The molecule has 2 aromatic carbocycles. The number of hydrogen-bond acceptors (Lipinski definition) is 5. The molecule has 3 amide bonds. The van der Waals surface area contributed by atoms with Gasteiger partial charge in [-0.05, 0) is 42.6 Å². The topological polar surface area (TPSA) is 119 Å². The Morgan fingerprint density at radius 1 is 1.26 bits per heavy atom. The van der Waals surface area contributed by atoms with E-state index in [1.807, 2.05) is 30.3 Å². The molecular formula is C20H24N4O3. The predicted molar refractivity (Wildman–Crippen MR) is 102 cm³/mol. The largest absolute Gasteiger partial charge is 0.368 e. The second-order valence-electron chi connectivity index (χ2n) is 6.99. The Morgan fingerprint density at radius 2 is 1.96 bits per heavy atom. The molecule has 1 saturated heterocycles. The first kappa shape index (κ1) is 17.6. The van der Waals surface area contributed by atoms with E-state index < -0.39 is 35.8 Å². The summed E-state index contributed by atoms with van der Waals surface area (Å²) in [6.07, 6.45) is 1.11. The van der Waals surface area contributed by atoms with Crippen molar-refractivity contribution in [2.75, 3.05) is 13.1 Å². The molecule has 0 spiro atoms. The number of nitrogens with one attached hydrogen (secondary N) is 1. The van der Waals surface area contributed by atoms with Crippen molar-refractivity contribution in [2.45, 2.75) is 31.3 Å². The summed E-state index contributed by atoms with van der Waals surface area (Å²) >= 11 is 0. The maximum absolute atomic E-state index is 13.3. The smallest absolute Gasteiger partial charge is 0.254 e. The van der Waals surface area contributed by atoms with Gasteiger partial charge in [0.2, 0.25) is 11.8 Å². The van der Waals surface area contributed by atoms with Crippen LogP contribution < -0.4 is 16.8 Å². The predicted octanol–water partition coefficient (Wildman–Crippen LogP) is 0.606. The van der Waals surface area contributed by atoms with E-state index >= 15 is 0 Å². The Balaban J connectivity index is 2.01. The molecule has 1 fully saturated rings. The number of imide groups is 1. The van der Waals surface area contributed by atoms with Crippen LogP contribution in [0.3, 0.4) is 0 Å². The summed E-state index contributed by atoms with van der Waals surface area (Å²) in [5, 5.41) is 2.83. The summed E-state index contributed by atoms with van der Waals surface area (Å²) in [5.41, 5.74) is 10.7. The van der Waals surface area contributed by atoms with E-state index in [1.165, 1.54) is 6.92 Å². The SMILES string of the molecule is [2H]N1CCC[C@H]1C(=O)N(CC(N)=O)C(=O)C(C)(N)c1cccc2ccccc12. The summed E-state index contributed by atoms with van der Waals surface area (Å²) in [6.45, 7) is 1.38. The Morgan fingerprint density at radius 3 is 2.63 bits per heavy atom. The number of primary amides is 1. The number of rotatable bonds is 5. The van der Waals surface area contributed by atoms with Crippen molar-refractivity contribution in [3.05, 3.63) is 48.0 Å². The number of benzene rings is 2. The highest BCUT2D eigenvalue weighted by molar-refractivity contribution is 6.06. The van der Waals surface area contributed by atoms with Crippen LogP contribution in [0.5, 0.6) is 0 Å². The maximum Gasteiger partial charge on any atom is 0.254 e. The molecule has 1 heterocycles. The summed E-state index contributed by atoms with van der Waals surface area (Å²) in [5.74, 6) is -2.15. The van der Waals surface area contributed by atoms with E-state index in [4.69, 9.17) is 12.9 Å². The zero-order valence-corrected chi connectivity index (χ0v) is 15.2. The second kappa shape index (κ2) is 7.46. The molecule has 2 atom stereocenters. The molecule has 1 unspecified atom stereocenters. The Labute approximate surface area is 159 Å². The molecule has 3 rings (SSSR count). The fraction of sp³-hybridized carbons (Fsp3) is 0.350. The minimum atomic E-state index is -1.56. The molecule has 1 aliphatic rings. The molecule has 0 saturated carbocycles. The first-order chi connectivity index (χ1) is 13.2. The monoisotopic (exact) mass is 369 g/mol. The van der Waals surface area contributed by atoms with Crippen LogP contribution in [0.2, 0.25) is 1.41 Å². The van der Waals surface area contributed by atoms with Crippen LogP contribution in [0.4, 0.5) is 0 Å². The highest BCUT2D eigenvalue weighted by Gasteiger charge is 2.41. The lowest BCUT2D eigenvalue weighted by atomic mass is 9.87. The molecule has 2 aromatic rings. The van der Waals surface area contributed by atoms with Gasteiger partial charge >= 0.3 is 0 Å². The molecule has 5 N–H and O–H groups in total. The van der Waals surface area contributed by atoms with Crippen molar-refractivity contribution in [3.63, 3.8) is 0 Å². The summed E-state index contributed by atoms with van der Waals surface area (Å²) in [6, 6.07) is 12.1. The third-order valence-electron chi connectivity index (χ3n) is 4.89. The molecule has 142 valence electrons. The molecular weight excluding hydrogens is 344 g/mol. The van der Waals surface area contributed by atoms with E-state index in [1.54, 1.807) is 12.1 Å². The van der Waals surface area contributed by atoms with Crippen molar-refractivity contribution >= 4 is 28.5 Å². The van der Waals surface area contributed by atoms with E-state index in [0.717, 1.165) is 21.0 Å². The zero-order valence-electron chi connectivity index (χ0n) is 16.2. The number of hydrogen-bond donors (Lipinski definition) is 3. The fourth-order valence-electron chi connectivity index (χ4n) is 3.48. The van der Waals surface area contributed by atoms with Gasteiger partial charge in [-0.15, -0.1) is 0 Å². The lowest BCUT2D eigenvalue weighted by molar-refractivity contribution is -0.151. The van der Waals surface area contributed by atoms with Gasteiger partial charge in [0.15, 0.2) is 0 Å². The maximum atomic E-state index is 13.3. The van der Waals surface area contributed by atoms with Crippen molar-refractivity contribution in [1.82, 2.24) is 10.2 Å². The normalized spacial score (nSPS) is 20.1. The molecule has 27 heavy (non-hydrogen) atoms. The Hall–Kier alpha value is -2.77. The van der Waals surface area contributed by atoms with E-state index in [9.17, 15) is 14.4 Å². The van der Waals surface area contributed by atoms with E-state index in [-0.39, 0.29) is 0 Å². The van der Waals surface area contributed by atoms with E-state index in [0.29, 0.717) is 24.9 Å². The number of carbonyl (C=O) groups is 3.